The van der Waals surface area contributed by atoms with Crippen molar-refractivity contribution < 1.29 is 4.79 Å². The zero-order valence-corrected chi connectivity index (χ0v) is 8.19. The van der Waals surface area contributed by atoms with E-state index >= 15 is 0 Å². The van der Waals surface area contributed by atoms with Gasteiger partial charge >= 0.3 is 0 Å². The molecule has 0 saturated heterocycles. The summed E-state index contributed by atoms with van der Waals surface area (Å²) in [5.74, 6) is 0.0433. The van der Waals surface area contributed by atoms with Crippen LogP contribution < -0.4 is 5.32 Å². The molecule has 3 nitrogen and oxygen atoms in total. The predicted molar refractivity (Wildman–Crippen MR) is 50.7 cm³/mol. The van der Waals surface area contributed by atoms with E-state index in [0.717, 1.165) is 17.0 Å². The van der Waals surface area contributed by atoms with Gasteiger partial charge in [-0.25, -0.2) is 0 Å². The number of carbonyl (C=O) groups excluding carboxylic acids is 1. The third kappa shape index (κ3) is 1.24. The minimum Gasteiger partial charge on any atom is -0.360 e. The minimum atomic E-state index is 0.0433. The lowest BCUT2D eigenvalue weighted by molar-refractivity contribution is 0.0965. The van der Waals surface area contributed by atoms with Crippen LogP contribution in [-0.2, 0) is 12.0 Å². The quantitative estimate of drug-likeness (QED) is 0.622. The van der Waals surface area contributed by atoms with Gasteiger partial charge in [-0.2, -0.15) is 0 Å². The van der Waals surface area contributed by atoms with Gasteiger partial charge in [0.15, 0.2) is 0 Å². The van der Waals surface area contributed by atoms with Gasteiger partial charge in [0.25, 0.3) is 5.91 Å². The van der Waals surface area contributed by atoms with E-state index in [0.29, 0.717) is 6.54 Å². The molecule has 70 valence electrons. The Labute approximate surface area is 77.5 Å². The summed E-state index contributed by atoms with van der Waals surface area (Å²) in [7, 11) is 0. The summed E-state index contributed by atoms with van der Waals surface area (Å²) in [6.07, 6.45) is 0. The largest absolute Gasteiger partial charge is 0.360 e. The van der Waals surface area contributed by atoms with E-state index in [1.54, 1.807) is 0 Å². The summed E-state index contributed by atoms with van der Waals surface area (Å²) in [6, 6.07) is 1.96. The summed E-state index contributed by atoms with van der Waals surface area (Å²) < 4.78 is 0. The van der Waals surface area contributed by atoms with Crippen molar-refractivity contribution in [3.05, 3.63) is 23.0 Å². The van der Waals surface area contributed by atoms with E-state index in [1.807, 2.05) is 6.07 Å². The standard InChI is InChI=1S/C10H14N2O/c1-10(2,3)8-4-6-7(12-8)5-11-9(6)13/h4,12H,5H2,1-3H3,(H,11,13). The highest BCUT2D eigenvalue weighted by atomic mass is 16.1. The molecule has 3 heteroatoms. The normalized spacial score (nSPS) is 15.8. The van der Waals surface area contributed by atoms with Gasteiger partial charge in [-0.1, -0.05) is 20.8 Å². The third-order valence-electron chi connectivity index (χ3n) is 2.38. The van der Waals surface area contributed by atoms with E-state index in [9.17, 15) is 4.79 Å². The lowest BCUT2D eigenvalue weighted by atomic mass is 9.92. The lowest BCUT2D eigenvalue weighted by Crippen LogP contribution is -2.16. The van der Waals surface area contributed by atoms with Gasteiger partial charge < -0.3 is 10.3 Å². The number of amides is 1. The van der Waals surface area contributed by atoms with E-state index in [1.165, 1.54) is 0 Å². The zero-order chi connectivity index (χ0) is 9.64. The second kappa shape index (κ2) is 2.37. The van der Waals surface area contributed by atoms with E-state index in [2.05, 4.69) is 31.1 Å². The molecule has 1 amide bonds. The van der Waals surface area contributed by atoms with Crippen molar-refractivity contribution >= 4 is 5.91 Å². The summed E-state index contributed by atoms with van der Waals surface area (Å²) in [5, 5.41) is 2.77. The number of fused-ring (bicyclic) bond motifs is 1. The van der Waals surface area contributed by atoms with Crippen LogP contribution in [0.5, 0.6) is 0 Å². The van der Waals surface area contributed by atoms with E-state index in [4.69, 9.17) is 0 Å². The van der Waals surface area contributed by atoms with Crippen LogP contribution in [0, 0.1) is 0 Å². The molecule has 1 aliphatic heterocycles. The Balaban J connectivity index is 2.45. The van der Waals surface area contributed by atoms with Gasteiger partial charge in [0.1, 0.15) is 0 Å². The van der Waals surface area contributed by atoms with Crippen LogP contribution in [0.1, 0.15) is 42.5 Å². The number of hydrogen-bond donors (Lipinski definition) is 2. The maximum Gasteiger partial charge on any atom is 0.253 e. The first-order chi connectivity index (χ1) is 5.98. The molecule has 13 heavy (non-hydrogen) atoms. The molecule has 0 spiro atoms. The van der Waals surface area contributed by atoms with Gasteiger partial charge in [0.2, 0.25) is 0 Å². The van der Waals surface area contributed by atoms with Crippen LogP contribution in [0.25, 0.3) is 0 Å². The average Bonchev–Trinajstić information content (AvgIpc) is 2.51. The Hall–Kier alpha value is -1.25. The first-order valence-corrected chi connectivity index (χ1v) is 4.49. The van der Waals surface area contributed by atoms with Crippen molar-refractivity contribution in [2.45, 2.75) is 32.7 Å². The molecular formula is C10H14N2O. The highest BCUT2D eigenvalue weighted by Gasteiger charge is 2.25. The molecule has 1 aromatic heterocycles. The van der Waals surface area contributed by atoms with Crippen LogP contribution in [-0.4, -0.2) is 10.9 Å². The fourth-order valence-corrected chi connectivity index (χ4v) is 1.51. The van der Waals surface area contributed by atoms with Crippen LogP contribution in [0.3, 0.4) is 0 Å². The summed E-state index contributed by atoms with van der Waals surface area (Å²) in [6.45, 7) is 7.04. The fourth-order valence-electron chi connectivity index (χ4n) is 1.51. The predicted octanol–water partition coefficient (Wildman–Crippen LogP) is 1.56. The number of rotatable bonds is 0. The first kappa shape index (κ1) is 8.35. The van der Waals surface area contributed by atoms with Crippen molar-refractivity contribution in [2.75, 3.05) is 0 Å². The maximum absolute atomic E-state index is 11.3. The molecule has 0 bridgehead atoms. The Kier molecular flexibility index (Phi) is 1.53. The molecule has 0 radical (unpaired) electrons. The Morgan fingerprint density at radius 1 is 1.38 bits per heavy atom. The number of nitrogens with one attached hydrogen (secondary N) is 2. The molecule has 0 fully saturated rings. The highest BCUT2D eigenvalue weighted by Crippen LogP contribution is 2.25. The molecule has 2 N–H and O–H groups in total. The van der Waals surface area contributed by atoms with Crippen LogP contribution >= 0.6 is 0 Å². The second-order valence-corrected chi connectivity index (χ2v) is 4.51. The van der Waals surface area contributed by atoms with Crippen LogP contribution in [0.2, 0.25) is 0 Å². The first-order valence-electron chi connectivity index (χ1n) is 4.49. The molecule has 0 saturated carbocycles. The number of aromatic nitrogens is 1. The SMILES string of the molecule is CC(C)(C)c1cc2c([nH]1)CNC2=O. The molecule has 0 unspecified atom stereocenters. The van der Waals surface area contributed by atoms with Gasteiger partial charge in [-0.3, -0.25) is 4.79 Å². The second-order valence-electron chi connectivity index (χ2n) is 4.51. The number of aromatic amines is 1. The molecule has 0 atom stereocenters. The van der Waals surface area contributed by atoms with E-state index in [-0.39, 0.29) is 11.3 Å². The molecular weight excluding hydrogens is 164 g/mol. The monoisotopic (exact) mass is 178 g/mol. The molecule has 1 aromatic rings. The topological polar surface area (TPSA) is 44.9 Å². The van der Waals surface area contributed by atoms with Crippen molar-refractivity contribution in [2.24, 2.45) is 0 Å². The van der Waals surface area contributed by atoms with Gasteiger partial charge in [0.05, 0.1) is 12.1 Å². The van der Waals surface area contributed by atoms with Crippen LogP contribution in [0.15, 0.2) is 6.07 Å². The zero-order valence-electron chi connectivity index (χ0n) is 8.19. The molecule has 2 rings (SSSR count). The number of carbonyl (C=O) groups is 1. The number of hydrogen-bond acceptors (Lipinski definition) is 1. The lowest BCUT2D eigenvalue weighted by Gasteiger charge is -2.16. The number of H-pyrrole nitrogens is 1. The van der Waals surface area contributed by atoms with Crippen molar-refractivity contribution in [3.63, 3.8) is 0 Å². The van der Waals surface area contributed by atoms with Crippen molar-refractivity contribution in [3.8, 4) is 0 Å². The van der Waals surface area contributed by atoms with Crippen molar-refractivity contribution in [1.82, 2.24) is 10.3 Å². The molecule has 0 aliphatic carbocycles. The minimum absolute atomic E-state index is 0.0433. The summed E-state index contributed by atoms with van der Waals surface area (Å²) in [4.78, 5) is 14.6. The Bertz CT molecular complexity index is 357. The van der Waals surface area contributed by atoms with Gasteiger partial charge in [-0.05, 0) is 6.07 Å². The smallest absolute Gasteiger partial charge is 0.253 e. The molecule has 2 heterocycles. The summed E-state index contributed by atoms with van der Waals surface area (Å²) >= 11 is 0. The fraction of sp³-hybridized carbons (Fsp3) is 0.500. The third-order valence-corrected chi connectivity index (χ3v) is 2.38. The maximum atomic E-state index is 11.3. The Morgan fingerprint density at radius 3 is 2.62 bits per heavy atom. The van der Waals surface area contributed by atoms with Gasteiger partial charge in [0, 0.05) is 16.8 Å². The van der Waals surface area contributed by atoms with Crippen molar-refractivity contribution in [1.29, 1.82) is 0 Å². The molecule has 0 aromatic carbocycles. The van der Waals surface area contributed by atoms with E-state index < -0.39 is 0 Å². The average molecular weight is 178 g/mol. The summed E-state index contributed by atoms with van der Waals surface area (Å²) in [5.41, 5.74) is 3.05. The van der Waals surface area contributed by atoms with Gasteiger partial charge in [-0.15, -0.1) is 0 Å². The Morgan fingerprint density at radius 2 is 2.08 bits per heavy atom. The molecule has 1 aliphatic rings. The highest BCUT2D eigenvalue weighted by molar-refractivity contribution is 5.98. The van der Waals surface area contributed by atoms with Crippen LogP contribution in [0.4, 0.5) is 0 Å².